The maximum absolute atomic E-state index is 11.8. The van der Waals surface area contributed by atoms with Gasteiger partial charge >= 0.3 is 17.7 Å². The molecule has 16 heavy (non-hydrogen) atoms. The minimum Gasteiger partial charge on any atom is -0.396 e. The van der Waals surface area contributed by atoms with Gasteiger partial charge in [-0.15, -0.1) is 13.2 Å². The highest BCUT2D eigenvalue weighted by molar-refractivity contribution is 14.1. The number of nitro groups is 1. The predicted octanol–water partition coefficient (Wildman–Crippen LogP) is 1.79. The lowest BCUT2D eigenvalue weighted by atomic mass is 10.4. The van der Waals surface area contributed by atoms with E-state index < -0.39 is 28.4 Å². The van der Waals surface area contributed by atoms with E-state index in [9.17, 15) is 28.1 Å². The molecule has 0 fully saturated rings. The van der Waals surface area contributed by atoms with E-state index >= 15 is 0 Å². The van der Waals surface area contributed by atoms with E-state index in [1.165, 1.54) is 22.6 Å². The molecule has 1 aromatic heterocycles. The third-order valence-corrected chi connectivity index (χ3v) is 2.14. The summed E-state index contributed by atoms with van der Waals surface area (Å²) in [7, 11) is 0. The van der Waals surface area contributed by atoms with Crippen molar-refractivity contribution in [2.45, 2.75) is 6.36 Å². The third-order valence-electron chi connectivity index (χ3n) is 1.34. The fraction of sp³-hybridized carbons (Fsp3) is 0.167. The van der Waals surface area contributed by atoms with E-state index in [2.05, 4.69) is 4.74 Å². The zero-order valence-corrected chi connectivity index (χ0v) is 9.33. The highest BCUT2D eigenvalue weighted by atomic mass is 127. The minimum absolute atomic E-state index is 0.301. The third kappa shape index (κ3) is 3.08. The van der Waals surface area contributed by atoms with Crippen molar-refractivity contribution in [3.63, 3.8) is 0 Å². The topological polar surface area (TPSA) is 85.2 Å². The van der Waals surface area contributed by atoms with E-state index in [0.29, 0.717) is 0 Å². The molecule has 1 heterocycles. The van der Waals surface area contributed by atoms with Crippen LogP contribution in [-0.2, 0) is 0 Å². The van der Waals surface area contributed by atoms with Crippen molar-refractivity contribution in [3.8, 4) is 5.75 Å². The van der Waals surface area contributed by atoms with Crippen LogP contribution in [0.4, 0.5) is 19.0 Å². The molecule has 0 aromatic carbocycles. The van der Waals surface area contributed by atoms with Crippen molar-refractivity contribution in [3.05, 3.63) is 30.1 Å². The summed E-state index contributed by atoms with van der Waals surface area (Å²) in [6.45, 7) is 0. The van der Waals surface area contributed by atoms with Crippen LogP contribution in [0.15, 0.2) is 10.9 Å². The number of hydrogen-bond donors (Lipinski definition) is 1. The van der Waals surface area contributed by atoms with Crippen molar-refractivity contribution < 1.29 is 22.8 Å². The highest BCUT2D eigenvalue weighted by Crippen LogP contribution is 2.25. The number of rotatable bonds is 2. The van der Waals surface area contributed by atoms with Crippen LogP contribution in [0.3, 0.4) is 0 Å². The molecule has 0 saturated heterocycles. The lowest BCUT2D eigenvalue weighted by molar-refractivity contribution is -0.389. The molecule has 0 amide bonds. The molecule has 10 heteroatoms. The van der Waals surface area contributed by atoms with Gasteiger partial charge in [-0.2, -0.15) is 0 Å². The Hall–Kier alpha value is -1.33. The van der Waals surface area contributed by atoms with Crippen molar-refractivity contribution in [1.82, 2.24) is 4.98 Å². The molecule has 0 aliphatic heterocycles. The Kier molecular flexibility index (Phi) is 3.40. The van der Waals surface area contributed by atoms with Crippen LogP contribution < -0.4 is 10.3 Å². The van der Waals surface area contributed by atoms with E-state index in [4.69, 9.17) is 0 Å². The lowest BCUT2D eigenvalue weighted by Gasteiger charge is -2.08. The SMILES string of the molecule is O=c1[nH]c([N+](=O)[O-])cc(I)c1OC(F)(F)F. The van der Waals surface area contributed by atoms with Gasteiger partial charge in [0, 0.05) is 6.07 Å². The van der Waals surface area contributed by atoms with Crippen LogP contribution >= 0.6 is 22.6 Å². The molecule has 0 atom stereocenters. The summed E-state index contributed by atoms with van der Waals surface area (Å²) in [6, 6.07) is 0.767. The van der Waals surface area contributed by atoms with E-state index in [1.54, 1.807) is 4.98 Å². The Balaban J connectivity index is 3.24. The molecule has 1 rings (SSSR count). The highest BCUT2D eigenvalue weighted by Gasteiger charge is 2.34. The summed E-state index contributed by atoms with van der Waals surface area (Å²) >= 11 is 1.34. The van der Waals surface area contributed by atoms with Gasteiger partial charge in [0.15, 0.2) is 0 Å². The average molecular weight is 350 g/mol. The van der Waals surface area contributed by atoms with Crippen LogP contribution in [0.5, 0.6) is 5.75 Å². The van der Waals surface area contributed by atoms with Crippen LogP contribution in [-0.4, -0.2) is 16.3 Å². The molecule has 0 saturated carbocycles. The minimum atomic E-state index is -5.02. The molecule has 0 aliphatic carbocycles. The monoisotopic (exact) mass is 350 g/mol. The van der Waals surface area contributed by atoms with Crippen molar-refractivity contribution >= 4 is 28.4 Å². The van der Waals surface area contributed by atoms with E-state index in [0.717, 1.165) is 6.07 Å². The molecular weight excluding hydrogens is 348 g/mol. The molecule has 0 unspecified atom stereocenters. The maximum Gasteiger partial charge on any atom is 0.573 e. The second kappa shape index (κ2) is 4.27. The summed E-state index contributed by atoms with van der Waals surface area (Å²) in [5.41, 5.74) is -1.31. The molecule has 0 bridgehead atoms. The van der Waals surface area contributed by atoms with Crippen LogP contribution in [0.2, 0.25) is 0 Å². The zero-order chi connectivity index (χ0) is 12.5. The molecule has 1 N–H and O–H groups in total. The number of aromatic amines is 1. The number of hydrogen-bond acceptors (Lipinski definition) is 4. The number of nitrogens with one attached hydrogen (secondary N) is 1. The molecular formula is C6H2F3IN2O4. The van der Waals surface area contributed by atoms with Gasteiger partial charge in [0.25, 0.3) is 0 Å². The summed E-state index contributed by atoms with van der Waals surface area (Å²) < 4.78 is 38.7. The molecule has 88 valence electrons. The predicted molar refractivity (Wildman–Crippen MR) is 53.1 cm³/mol. The number of ether oxygens (including phenoxy) is 1. The first-order valence-corrected chi connectivity index (χ1v) is 4.61. The van der Waals surface area contributed by atoms with Crippen molar-refractivity contribution in [2.75, 3.05) is 0 Å². The van der Waals surface area contributed by atoms with E-state index in [-0.39, 0.29) is 3.57 Å². The fourth-order valence-electron chi connectivity index (χ4n) is 0.812. The zero-order valence-electron chi connectivity index (χ0n) is 7.17. The quantitative estimate of drug-likeness (QED) is 0.501. The van der Waals surface area contributed by atoms with E-state index in [1.807, 2.05) is 0 Å². The summed E-state index contributed by atoms with van der Waals surface area (Å²) in [4.78, 5) is 22.0. The van der Waals surface area contributed by atoms with Gasteiger partial charge in [-0.25, -0.2) is 9.78 Å². The van der Waals surface area contributed by atoms with Crippen LogP contribution in [0.1, 0.15) is 0 Å². The molecule has 0 aliphatic rings. The van der Waals surface area contributed by atoms with Gasteiger partial charge in [0.1, 0.15) is 0 Å². The lowest BCUT2D eigenvalue weighted by Crippen LogP contribution is -2.24. The first-order valence-electron chi connectivity index (χ1n) is 3.53. The van der Waals surface area contributed by atoms with Gasteiger partial charge in [-0.05, 0) is 27.5 Å². The van der Waals surface area contributed by atoms with Gasteiger partial charge in [-0.3, -0.25) is 0 Å². The normalized spacial score (nSPS) is 11.2. The van der Waals surface area contributed by atoms with Crippen molar-refractivity contribution in [2.24, 2.45) is 0 Å². The second-order valence-corrected chi connectivity index (χ2v) is 3.63. The standard InChI is InChI=1S/C6H2F3IN2O4/c7-6(8,9)16-4-2(10)1-3(12(14)15)11-5(4)13/h1H,(H,11,13). The fourth-order valence-corrected chi connectivity index (χ4v) is 1.46. The number of pyridine rings is 1. The van der Waals surface area contributed by atoms with Crippen LogP contribution in [0.25, 0.3) is 0 Å². The van der Waals surface area contributed by atoms with Crippen molar-refractivity contribution in [1.29, 1.82) is 0 Å². The number of alkyl halides is 3. The van der Waals surface area contributed by atoms with Gasteiger partial charge in [0.2, 0.25) is 5.75 Å². The van der Waals surface area contributed by atoms with Crippen LogP contribution in [0, 0.1) is 13.7 Å². The summed E-state index contributed by atoms with van der Waals surface area (Å²) in [6.07, 6.45) is -5.02. The summed E-state index contributed by atoms with van der Waals surface area (Å²) in [5.74, 6) is -1.72. The average Bonchev–Trinajstić information content (AvgIpc) is 2.09. The van der Waals surface area contributed by atoms with Gasteiger partial charge in [-0.1, -0.05) is 0 Å². The number of aromatic nitrogens is 1. The van der Waals surface area contributed by atoms with Gasteiger partial charge < -0.3 is 14.9 Å². The summed E-state index contributed by atoms with van der Waals surface area (Å²) in [5, 5.41) is 10.3. The Morgan fingerprint density at radius 2 is 2.06 bits per heavy atom. The first-order chi connectivity index (χ1) is 7.20. The number of nitrogens with zero attached hydrogens (tertiary/aromatic N) is 1. The largest absolute Gasteiger partial charge is 0.573 e. The number of H-pyrrole nitrogens is 1. The molecule has 1 aromatic rings. The van der Waals surface area contributed by atoms with Gasteiger partial charge in [0.05, 0.1) is 3.57 Å². The Morgan fingerprint density at radius 3 is 2.44 bits per heavy atom. The number of halogens is 4. The molecule has 0 spiro atoms. The molecule has 6 nitrogen and oxygen atoms in total. The smallest absolute Gasteiger partial charge is 0.396 e. The first kappa shape index (κ1) is 12.7. The Bertz CT molecular complexity index is 484. The second-order valence-electron chi connectivity index (χ2n) is 2.47. The molecule has 0 radical (unpaired) electrons. The Morgan fingerprint density at radius 1 is 1.50 bits per heavy atom. The Labute approximate surface area is 98.7 Å². The maximum atomic E-state index is 11.8.